The summed E-state index contributed by atoms with van der Waals surface area (Å²) < 4.78 is 55.3. The Bertz CT molecular complexity index is 1130. The minimum atomic E-state index is -4.26. The summed E-state index contributed by atoms with van der Waals surface area (Å²) in [5.41, 5.74) is -0.0310. The highest BCUT2D eigenvalue weighted by molar-refractivity contribution is 7.92. The largest absolute Gasteiger partial charge is 0.274 e. The average Bonchev–Trinajstić information content (AvgIpc) is 2.64. The predicted octanol–water partition coefficient (Wildman–Crippen LogP) is 4.82. The molecule has 3 nitrogen and oxygen atoms in total. The lowest BCUT2D eigenvalue weighted by Crippen LogP contribution is -2.15. The van der Waals surface area contributed by atoms with E-state index in [0.717, 1.165) is 12.1 Å². The van der Waals surface area contributed by atoms with Gasteiger partial charge in [-0.25, -0.2) is 17.2 Å². The Balaban J connectivity index is 1.92. The summed E-state index contributed by atoms with van der Waals surface area (Å²) in [7, 11) is -4.26. The van der Waals surface area contributed by atoms with E-state index < -0.39 is 27.3 Å². The Hall–Kier alpha value is -2.88. The maximum absolute atomic E-state index is 14.3. The van der Waals surface area contributed by atoms with Crippen LogP contribution in [0.5, 0.6) is 0 Å². The molecule has 27 heavy (non-hydrogen) atoms. The first-order valence-corrected chi connectivity index (χ1v) is 9.56. The molecule has 0 amide bonds. The molecule has 1 N–H and O–H groups in total. The smallest absolute Gasteiger partial charge is 0.263 e. The van der Waals surface area contributed by atoms with E-state index in [0.29, 0.717) is 5.56 Å². The van der Waals surface area contributed by atoms with Crippen molar-refractivity contribution < 1.29 is 17.2 Å². The highest BCUT2D eigenvalue weighted by Gasteiger charge is 2.22. The van der Waals surface area contributed by atoms with Gasteiger partial charge in [0.25, 0.3) is 10.0 Å². The fraction of sp³-hybridized carbons (Fsp3) is 0. The zero-order valence-electron chi connectivity index (χ0n) is 13.7. The van der Waals surface area contributed by atoms with E-state index in [1.165, 1.54) is 18.2 Å². The second kappa shape index (κ2) is 7.78. The molecule has 0 fully saturated rings. The molecule has 3 aromatic rings. The number of benzene rings is 3. The van der Waals surface area contributed by atoms with E-state index >= 15 is 0 Å². The molecule has 0 aromatic heterocycles. The van der Waals surface area contributed by atoms with Crippen molar-refractivity contribution in [3.63, 3.8) is 0 Å². The zero-order chi connectivity index (χ0) is 19.4. The number of nitrogens with one attached hydrogen (secondary N) is 1. The van der Waals surface area contributed by atoms with Gasteiger partial charge in [0, 0.05) is 11.1 Å². The summed E-state index contributed by atoms with van der Waals surface area (Å²) >= 11 is 5.85. The topological polar surface area (TPSA) is 46.2 Å². The quantitative estimate of drug-likeness (QED) is 0.637. The van der Waals surface area contributed by atoms with Crippen molar-refractivity contribution in [2.24, 2.45) is 0 Å². The third-order valence-electron chi connectivity index (χ3n) is 3.53. The fourth-order valence-corrected chi connectivity index (χ4v) is 3.86. The van der Waals surface area contributed by atoms with E-state index in [1.54, 1.807) is 30.3 Å². The summed E-state index contributed by atoms with van der Waals surface area (Å²) in [4.78, 5) is -0.279. The lowest BCUT2D eigenvalue weighted by Gasteiger charge is -2.11. The minimum absolute atomic E-state index is 0.0591. The Kier molecular flexibility index (Phi) is 5.45. The lowest BCUT2D eigenvalue weighted by atomic mass is 10.1. The molecule has 0 unspecified atom stereocenters. The van der Waals surface area contributed by atoms with Crippen LogP contribution < -0.4 is 4.72 Å². The molecule has 0 saturated heterocycles. The molecule has 0 heterocycles. The maximum Gasteiger partial charge on any atom is 0.263 e. The number of hydrogen-bond donors (Lipinski definition) is 1. The highest BCUT2D eigenvalue weighted by Crippen LogP contribution is 2.27. The highest BCUT2D eigenvalue weighted by atomic mass is 35.5. The maximum atomic E-state index is 14.3. The van der Waals surface area contributed by atoms with E-state index in [-0.39, 0.29) is 15.5 Å². The monoisotopic (exact) mass is 403 g/mol. The van der Waals surface area contributed by atoms with Crippen molar-refractivity contribution in [2.45, 2.75) is 4.90 Å². The van der Waals surface area contributed by atoms with E-state index in [2.05, 4.69) is 11.8 Å². The lowest BCUT2D eigenvalue weighted by molar-refractivity contribution is 0.582. The molecule has 3 aromatic carbocycles. The number of anilines is 1. The Morgan fingerprint density at radius 1 is 0.815 bits per heavy atom. The van der Waals surface area contributed by atoms with Crippen molar-refractivity contribution in [3.05, 3.63) is 94.5 Å². The molecule has 0 aliphatic rings. The molecule has 7 heteroatoms. The van der Waals surface area contributed by atoms with E-state index in [9.17, 15) is 17.2 Å². The Morgan fingerprint density at radius 2 is 1.37 bits per heavy atom. The van der Waals surface area contributed by atoms with Gasteiger partial charge < -0.3 is 0 Å². The fourth-order valence-electron chi connectivity index (χ4n) is 2.26. The Morgan fingerprint density at radius 3 is 2.00 bits per heavy atom. The molecule has 136 valence electrons. The molecular formula is C20H12ClF2NO2S. The average molecular weight is 404 g/mol. The first-order chi connectivity index (χ1) is 12.9. The van der Waals surface area contributed by atoms with Crippen LogP contribution >= 0.6 is 11.6 Å². The predicted molar refractivity (Wildman–Crippen MR) is 101 cm³/mol. The molecular weight excluding hydrogens is 392 g/mol. The first kappa shape index (κ1) is 18.9. The number of hydrogen-bond acceptors (Lipinski definition) is 2. The standard InChI is InChI=1S/C20H12ClF2NO2S/c21-16-8-4-5-9-19(16)27(25,26)24-20-17(22)12-15(13-18(20)23)11-10-14-6-2-1-3-7-14/h1-9,12-13,24H. The number of rotatable bonds is 3. The molecule has 0 aliphatic carbocycles. The molecule has 0 radical (unpaired) electrons. The Labute approximate surface area is 160 Å². The van der Waals surface area contributed by atoms with Crippen molar-refractivity contribution in [1.82, 2.24) is 0 Å². The molecule has 0 spiro atoms. The van der Waals surface area contributed by atoms with Gasteiger partial charge in [-0.1, -0.05) is 53.8 Å². The van der Waals surface area contributed by atoms with Gasteiger partial charge >= 0.3 is 0 Å². The van der Waals surface area contributed by atoms with Crippen LogP contribution in [0, 0.1) is 23.5 Å². The van der Waals surface area contributed by atoms with Gasteiger partial charge in [-0.15, -0.1) is 0 Å². The van der Waals surface area contributed by atoms with Crippen LogP contribution in [0.3, 0.4) is 0 Å². The molecule has 3 rings (SSSR count). The van der Waals surface area contributed by atoms with Crippen molar-refractivity contribution in [3.8, 4) is 11.8 Å². The third-order valence-corrected chi connectivity index (χ3v) is 5.38. The van der Waals surface area contributed by atoms with Gasteiger partial charge in [-0.2, -0.15) is 0 Å². The van der Waals surface area contributed by atoms with Gasteiger partial charge in [0.1, 0.15) is 10.6 Å². The summed E-state index contributed by atoms with van der Waals surface area (Å²) in [6, 6.07) is 16.4. The SMILES string of the molecule is O=S(=O)(Nc1c(F)cc(C#Cc2ccccc2)cc1F)c1ccccc1Cl. The van der Waals surface area contributed by atoms with Gasteiger partial charge in [0.05, 0.1) is 5.02 Å². The van der Waals surface area contributed by atoms with E-state index in [4.69, 9.17) is 11.6 Å². The van der Waals surface area contributed by atoms with Crippen LogP contribution in [0.2, 0.25) is 5.02 Å². The zero-order valence-corrected chi connectivity index (χ0v) is 15.3. The number of sulfonamides is 1. The van der Waals surface area contributed by atoms with Crippen LogP contribution in [-0.4, -0.2) is 8.42 Å². The summed E-state index contributed by atoms with van der Waals surface area (Å²) in [6.45, 7) is 0. The van der Waals surface area contributed by atoms with Crippen LogP contribution in [0.25, 0.3) is 0 Å². The van der Waals surface area contributed by atoms with Crippen LogP contribution in [0.15, 0.2) is 71.6 Å². The second-order valence-electron chi connectivity index (χ2n) is 5.47. The normalized spacial score (nSPS) is 10.8. The van der Waals surface area contributed by atoms with Gasteiger partial charge in [0.2, 0.25) is 0 Å². The van der Waals surface area contributed by atoms with Crippen molar-refractivity contribution in [2.75, 3.05) is 4.72 Å². The summed E-state index contributed by atoms with van der Waals surface area (Å²) in [5, 5.41) is -0.0591. The first-order valence-electron chi connectivity index (χ1n) is 7.70. The van der Waals surface area contributed by atoms with Gasteiger partial charge in [-0.05, 0) is 36.4 Å². The van der Waals surface area contributed by atoms with Crippen LogP contribution in [0.1, 0.15) is 11.1 Å². The summed E-state index contributed by atoms with van der Waals surface area (Å²) in [5.74, 6) is 3.26. The molecule has 0 atom stereocenters. The van der Waals surface area contributed by atoms with Gasteiger partial charge in [0.15, 0.2) is 11.6 Å². The third kappa shape index (κ3) is 4.45. The molecule has 0 saturated carbocycles. The second-order valence-corrected chi connectivity index (χ2v) is 7.52. The van der Waals surface area contributed by atoms with Crippen molar-refractivity contribution >= 4 is 27.3 Å². The van der Waals surface area contributed by atoms with Crippen molar-refractivity contribution in [1.29, 1.82) is 0 Å². The van der Waals surface area contributed by atoms with Crippen LogP contribution in [0.4, 0.5) is 14.5 Å². The van der Waals surface area contributed by atoms with Gasteiger partial charge in [-0.3, -0.25) is 4.72 Å². The number of halogens is 3. The van der Waals surface area contributed by atoms with E-state index in [1.807, 2.05) is 10.8 Å². The molecule has 0 bridgehead atoms. The molecule has 0 aliphatic heterocycles. The van der Waals surface area contributed by atoms with Crippen LogP contribution in [-0.2, 0) is 10.0 Å². The summed E-state index contributed by atoms with van der Waals surface area (Å²) in [6.07, 6.45) is 0. The minimum Gasteiger partial charge on any atom is -0.274 e.